The number of guanidine groups is 1. The van der Waals surface area contributed by atoms with Crippen LogP contribution in [0.3, 0.4) is 0 Å². The zero-order chi connectivity index (χ0) is 21.0. The Morgan fingerprint density at radius 2 is 2.14 bits per heavy atom. The fourth-order valence-electron chi connectivity index (χ4n) is 3.17. The quantitative estimate of drug-likeness (QED) is 0.595. The highest BCUT2D eigenvalue weighted by atomic mass is 16.6. The van der Waals surface area contributed by atoms with E-state index in [1.165, 1.54) is 0 Å². The second-order valence-electron chi connectivity index (χ2n) is 8.39. The third-order valence-electron chi connectivity index (χ3n) is 4.58. The largest absolute Gasteiger partial charge is 0.444 e. The van der Waals surface area contributed by atoms with E-state index >= 15 is 0 Å². The second kappa shape index (κ2) is 8.71. The van der Waals surface area contributed by atoms with E-state index in [0.29, 0.717) is 19.6 Å². The van der Waals surface area contributed by atoms with E-state index in [9.17, 15) is 4.79 Å². The van der Waals surface area contributed by atoms with E-state index in [0.717, 1.165) is 35.8 Å². The van der Waals surface area contributed by atoms with Crippen LogP contribution >= 0.6 is 0 Å². The van der Waals surface area contributed by atoms with Crippen LogP contribution in [0.4, 0.5) is 4.79 Å². The van der Waals surface area contributed by atoms with Crippen molar-refractivity contribution in [2.24, 2.45) is 4.99 Å². The summed E-state index contributed by atoms with van der Waals surface area (Å²) in [4.78, 5) is 23.1. The van der Waals surface area contributed by atoms with Crippen molar-refractivity contribution in [1.82, 2.24) is 24.9 Å². The van der Waals surface area contributed by atoms with E-state index in [-0.39, 0.29) is 12.1 Å². The topological polar surface area (TPSA) is 83.3 Å². The number of amides is 1. The van der Waals surface area contributed by atoms with Gasteiger partial charge >= 0.3 is 6.09 Å². The lowest BCUT2D eigenvalue weighted by molar-refractivity contribution is 0.00701. The zero-order valence-electron chi connectivity index (χ0n) is 18.0. The maximum atomic E-state index is 12.0. The number of aliphatic imine (C=N–C) groups is 1. The fraction of sp³-hybridized carbons (Fsp3) is 0.571. The molecule has 8 nitrogen and oxygen atoms in total. The SMILES string of the molecule is CCNC(=NCCc1cn2cccc(C)c2n1)NC1CN(C(=O)OC(C)(C)C)C1. The highest BCUT2D eigenvalue weighted by Gasteiger charge is 2.34. The molecule has 8 heteroatoms. The monoisotopic (exact) mass is 400 g/mol. The number of hydrogen-bond donors (Lipinski definition) is 2. The average Bonchev–Trinajstić information content (AvgIpc) is 3.00. The molecular formula is C21H32N6O2. The Bertz CT molecular complexity index is 877. The summed E-state index contributed by atoms with van der Waals surface area (Å²) >= 11 is 0. The molecule has 0 unspecified atom stereocenters. The van der Waals surface area contributed by atoms with Gasteiger partial charge in [-0.3, -0.25) is 4.99 Å². The van der Waals surface area contributed by atoms with Crippen molar-refractivity contribution in [2.45, 2.75) is 52.7 Å². The molecule has 0 bridgehead atoms. The number of aromatic nitrogens is 2. The molecule has 2 aromatic heterocycles. The van der Waals surface area contributed by atoms with Gasteiger partial charge in [-0.25, -0.2) is 9.78 Å². The second-order valence-corrected chi connectivity index (χ2v) is 8.39. The molecule has 3 rings (SSSR count). The molecule has 158 valence electrons. The number of imidazole rings is 1. The van der Waals surface area contributed by atoms with Gasteiger partial charge in [0.05, 0.1) is 11.7 Å². The van der Waals surface area contributed by atoms with Gasteiger partial charge in [0.15, 0.2) is 5.96 Å². The number of hydrogen-bond acceptors (Lipinski definition) is 4. The van der Waals surface area contributed by atoms with E-state index in [4.69, 9.17) is 9.72 Å². The maximum Gasteiger partial charge on any atom is 0.410 e. The smallest absolute Gasteiger partial charge is 0.410 e. The molecule has 0 aliphatic carbocycles. The standard InChI is InChI=1S/C21H32N6O2/c1-6-22-19(25-17-13-27(14-17)20(28)29-21(3,4)5)23-10-9-16-12-26-11-7-8-15(2)18(26)24-16/h7-8,11-12,17H,6,9-10,13-14H2,1-5H3,(H2,22,23,25). The molecule has 1 saturated heterocycles. The summed E-state index contributed by atoms with van der Waals surface area (Å²) in [5.74, 6) is 0.765. The first-order valence-electron chi connectivity index (χ1n) is 10.2. The third kappa shape index (κ3) is 5.62. The fourth-order valence-corrected chi connectivity index (χ4v) is 3.17. The average molecular weight is 401 g/mol. The van der Waals surface area contributed by atoms with Crippen molar-refractivity contribution < 1.29 is 9.53 Å². The van der Waals surface area contributed by atoms with E-state index in [2.05, 4.69) is 39.2 Å². The first-order valence-corrected chi connectivity index (χ1v) is 10.2. The summed E-state index contributed by atoms with van der Waals surface area (Å²) < 4.78 is 7.45. The molecule has 0 atom stereocenters. The van der Waals surface area contributed by atoms with Crippen LogP contribution in [0.25, 0.3) is 5.65 Å². The molecule has 1 aliphatic heterocycles. The molecule has 0 saturated carbocycles. The van der Waals surface area contributed by atoms with Gasteiger partial charge in [-0.1, -0.05) is 6.07 Å². The minimum atomic E-state index is -0.470. The molecule has 0 aromatic carbocycles. The summed E-state index contributed by atoms with van der Waals surface area (Å²) in [7, 11) is 0. The Kier molecular flexibility index (Phi) is 6.30. The highest BCUT2D eigenvalue weighted by Crippen LogP contribution is 2.15. The van der Waals surface area contributed by atoms with Crippen molar-refractivity contribution in [3.05, 3.63) is 35.8 Å². The lowest BCUT2D eigenvalue weighted by Crippen LogP contribution is -2.63. The number of carbonyl (C=O) groups excluding carboxylic acids is 1. The van der Waals surface area contributed by atoms with Gasteiger partial charge in [0.2, 0.25) is 0 Å². The van der Waals surface area contributed by atoms with E-state index in [1.807, 2.05) is 40.0 Å². The number of fused-ring (bicyclic) bond motifs is 1. The van der Waals surface area contributed by atoms with Crippen LogP contribution in [-0.2, 0) is 11.2 Å². The van der Waals surface area contributed by atoms with Crippen LogP contribution in [0.2, 0.25) is 0 Å². The Morgan fingerprint density at radius 3 is 2.79 bits per heavy atom. The van der Waals surface area contributed by atoms with Gasteiger partial charge in [0.25, 0.3) is 0 Å². The lowest BCUT2D eigenvalue weighted by atomic mass is 10.1. The predicted octanol–water partition coefficient (Wildman–Crippen LogP) is 2.36. The summed E-state index contributed by atoms with van der Waals surface area (Å²) in [6.45, 7) is 12.4. The molecule has 0 spiro atoms. The van der Waals surface area contributed by atoms with Crippen molar-refractivity contribution in [2.75, 3.05) is 26.2 Å². The van der Waals surface area contributed by atoms with Crippen LogP contribution in [0.15, 0.2) is 29.5 Å². The van der Waals surface area contributed by atoms with Crippen LogP contribution < -0.4 is 10.6 Å². The van der Waals surface area contributed by atoms with E-state index < -0.39 is 5.60 Å². The van der Waals surface area contributed by atoms with Crippen LogP contribution in [0, 0.1) is 6.92 Å². The zero-order valence-corrected chi connectivity index (χ0v) is 18.0. The molecular weight excluding hydrogens is 368 g/mol. The van der Waals surface area contributed by atoms with Crippen LogP contribution in [-0.4, -0.2) is 64.2 Å². The van der Waals surface area contributed by atoms with Crippen molar-refractivity contribution in [3.8, 4) is 0 Å². The van der Waals surface area contributed by atoms with Crippen molar-refractivity contribution in [3.63, 3.8) is 0 Å². The van der Waals surface area contributed by atoms with Gasteiger partial charge in [-0.2, -0.15) is 0 Å². The highest BCUT2D eigenvalue weighted by molar-refractivity contribution is 5.80. The minimum absolute atomic E-state index is 0.179. The van der Waals surface area contributed by atoms with Gasteiger partial charge < -0.3 is 24.7 Å². The number of likely N-dealkylation sites (tertiary alicyclic amines) is 1. The van der Waals surface area contributed by atoms with Gasteiger partial charge in [-0.05, 0) is 46.2 Å². The Labute approximate surface area is 172 Å². The predicted molar refractivity (Wildman–Crippen MR) is 114 cm³/mol. The molecule has 1 aliphatic rings. The Balaban J connectivity index is 1.50. The molecule has 2 aromatic rings. The normalized spacial score (nSPS) is 15.3. The molecule has 29 heavy (non-hydrogen) atoms. The summed E-state index contributed by atoms with van der Waals surface area (Å²) in [5, 5.41) is 6.65. The number of pyridine rings is 1. The van der Waals surface area contributed by atoms with Crippen molar-refractivity contribution >= 4 is 17.7 Å². The van der Waals surface area contributed by atoms with Crippen LogP contribution in [0.1, 0.15) is 39.0 Å². The van der Waals surface area contributed by atoms with Gasteiger partial charge in [0, 0.05) is 45.0 Å². The first kappa shape index (κ1) is 21.0. The molecule has 1 fully saturated rings. The number of carbonyl (C=O) groups is 1. The van der Waals surface area contributed by atoms with Gasteiger partial charge in [0.1, 0.15) is 11.2 Å². The van der Waals surface area contributed by atoms with Gasteiger partial charge in [-0.15, -0.1) is 0 Å². The Morgan fingerprint density at radius 1 is 1.38 bits per heavy atom. The molecule has 1 amide bonds. The number of rotatable bonds is 5. The Hall–Kier alpha value is -2.77. The summed E-state index contributed by atoms with van der Waals surface area (Å²) in [6, 6.07) is 4.27. The van der Waals surface area contributed by atoms with E-state index in [1.54, 1.807) is 4.90 Å². The minimum Gasteiger partial charge on any atom is -0.444 e. The number of aryl methyl sites for hydroxylation is 1. The first-order chi connectivity index (χ1) is 13.7. The summed E-state index contributed by atoms with van der Waals surface area (Å²) in [6.07, 6.45) is 4.58. The number of ether oxygens (including phenoxy) is 1. The molecule has 0 radical (unpaired) electrons. The molecule has 2 N–H and O–H groups in total. The number of nitrogens with one attached hydrogen (secondary N) is 2. The van der Waals surface area contributed by atoms with Crippen LogP contribution in [0.5, 0.6) is 0 Å². The number of nitrogens with zero attached hydrogens (tertiary/aromatic N) is 4. The van der Waals surface area contributed by atoms with Crippen molar-refractivity contribution in [1.29, 1.82) is 0 Å². The third-order valence-corrected chi connectivity index (χ3v) is 4.58. The lowest BCUT2D eigenvalue weighted by Gasteiger charge is -2.40. The summed E-state index contributed by atoms with van der Waals surface area (Å²) in [5.41, 5.74) is 2.71. The molecule has 3 heterocycles. The maximum absolute atomic E-state index is 12.0.